The number of aromatic nitrogens is 2. The Balaban J connectivity index is 1.71. The first kappa shape index (κ1) is 17.1. The molecule has 27 heavy (non-hydrogen) atoms. The zero-order valence-electron chi connectivity index (χ0n) is 14.1. The molecule has 2 aromatic carbocycles. The van der Waals surface area contributed by atoms with Crippen molar-refractivity contribution in [3.8, 4) is 10.6 Å². The molecule has 4 aromatic rings. The SMILES string of the molecule is O=C(Cn1nc(-c2cccs2)c2ccccc2c1=O)Nc1ccc(F)cc1. The topological polar surface area (TPSA) is 64.0 Å². The third-order valence-electron chi connectivity index (χ3n) is 4.04. The van der Waals surface area contributed by atoms with Crippen LogP contribution >= 0.6 is 11.3 Å². The molecule has 0 atom stereocenters. The Kier molecular flexibility index (Phi) is 4.52. The molecule has 0 spiro atoms. The fourth-order valence-electron chi connectivity index (χ4n) is 2.81. The van der Waals surface area contributed by atoms with Crippen molar-refractivity contribution in [2.75, 3.05) is 5.32 Å². The maximum Gasteiger partial charge on any atom is 0.275 e. The third kappa shape index (κ3) is 3.50. The second-order valence-corrected chi connectivity index (χ2v) is 6.84. The summed E-state index contributed by atoms with van der Waals surface area (Å²) in [7, 11) is 0. The van der Waals surface area contributed by atoms with Crippen LogP contribution in [0.15, 0.2) is 70.8 Å². The molecule has 1 N–H and O–H groups in total. The number of halogens is 1. The molecule has 4 rings (SSSR count). The first-order chi connectivity index (χ1) is 13.1. The molecule has 1 amide bonds. The van der Waals surface area contributed by atoms with Crippen molar-refractivity contribution in [1.29, 1.82) is 0 Å². The predicted octanol–water partition coefficient (Wildman–Crippen LogP) is 3.90. The molecule has 0 fully saturated rings. The molecule has 134 valence electrons. The highest BCUT2D eigenvalue weighted by Gasteiger charge is 2.14. The summed E-state index contributed by atoms with van der Waals surface area (Å²) in [5.41, 5.74) is 0.781. The van der Waals surface area contributed by atoms with Gasteiger partial charge in [0.25, 0.3) is 5.56 Å². The molecule has 2 heterocycles. The fraction of sp³-hybridized carbons (Fsp3) is 0.0500. The lowest BCUT2D eigenvalue weighted by Crippen LogP contribution is -2.30. The second-order valence-electron chi connectivity index (χ2n) is 5.89. The minimum absolute atomic E-state index is 0.237. The number of nitrogens with one attached hydrogen (secondary N) is 1. The highest BCUT2D eigenvalue weighted by Crippen LogP contribution is 2.28. The molecule has 0 aliphatic rings. The Morgan fingerprint density at radius 3 is 2.48 bits per heavy atom. The van der Waals surface area contributed by atoms with Gasteiger partial charge in [-0.1, -0.05) is 24.3 Å². The summed E-state index contributed by atoms with van der Waals surface area (Å²) >= 11 is 1.51. The summed E-state index contributed by atoms with van der Waals surface area (Å²) in [5.74, 6) is -0.801. The number of fused-ring (bicyclic) bond motifs is 1. The minimum atomic E-state index is -0.413. The van der Waals surface area contributed by atoms with Crippen molar-refractivity contribution < 1.29 is 9.18 Å². The lowest BCUT2D eigenvalue weighted by atomic mass is 10.1. The van der Waals surface area contributed by atoms with E-state index in [1.54, 1.807) is 12.1 Å². The Hall–Kier alpha value is -3.32. The number of amides is 1. The summed E-state index contributed by atoms with van der Waals surface area (Å²) in [6.07, 6.45) is 0. The molecule has 0 bridgehead atoms. The first-order valence-electron chi connectivity index (χ1n) is 8.21. The number of carbonyl (C=O) groups is 1. The molecule has 0 aliphatic heterocycles. The van der Waals surface area contributed by atoms with Gasteiger partial charge in [-0.2, -0.15) is 5.10 Å². The van der Waals surface area contributed by atoms with Gasteiger partial charge in [0, 0.05) is 11.1 Å². The average Bonchev–Trinajstić information content (AvgIpc) is 3.20. The van der Waals surface area contributed by atoms with Crippen molar-refractivity contribution in [1.82, 2.24) is 9.78 Å². The van der Waals surface area contributed by atoms with Crippen molar-refractivity contribution >= 4 is 33.7 Å². The van der Waals surface area contributed by atoms with Crippen LogP contribution in [0.4, 0.5) is 10.1 Å². The van der Waals surface area contributed by atoms with Gasteiger partial charge in [0.15, 0.2) is 0 Å². The van der Waals surface area contributed by atoms with E-state index < -0.39 is 5.91 Å². The highest BCUT2D eigenvalue weighted by molar-refractivity contribution is 7.13. The summed E-state index contributed by atoms with van der Waals surface area (Å²) in [6, 6.07) is 16.5. The number of hydrogen-bond donors (Lipinski definition) is 1. The average molecular weight is 379 g/mol. The van der Waals surface area contributed by atoms with E-state index in [9.17, 15) is 14.0 Å². The van der Waals surface area contributed by atoms with Gasteiger partial charge in [0.2, 0.25) is 5.91 Å². The Bertz CT molecular complexity index is 1170. The quantitative estimate of drug-likeness (QED) is 0.585. The van der Waals surface area contributed by atoms with Crippen LogP contribution in [0.25, 0.3) is 21.3 Å². The van der Waals surface area contributed by atoms with E-state index in [1.807, 2.05) is 29.6 Å². The van der Waals surface area contributed by atoms with E-state index in [1.165, 1.54) is 35.6 Å². The molecule has 7 heteroatoms. The lowest BCUT2D eigenvalue weighted by Gasteiger charge is -2.10. The van der Waals surface area contributed by atoms with Crippen LogP contribution in [-0.4, -0.2) is 15.7 Å². The largest absolute Gasteiger partial charge is 0.324 e. The smallest absolute Gasteiger partial charge is 0.275 e. The number of anilines is 1. The molecule has 0 radical (unpaired) electrons. The second kappa shape index (κ2) is 7.13. The molecule has 0 saturated heterocycles. The van der Waals surface area contributed by atoms with Crippen LogP contribution in [0.1, 0.15) is 0 Å². The van der Waals surface area contributed by atoms with Gasteiger partial charge in [-0.15, -0.1) is 11.3 Å². The van der Waals surface area contributed by atoms with Gasteiger partial charge in [0.05, 0.1) is 10.3 Å². The Labute approximate surface area is 157 Å². The minimum Gasteiger partial charge on any atom is -0.324 e. The number of hydrogen-bond acceptors (Lipinski definition) is 4. The van der Waals surface area contributed by atoms with Crippen LogP contribution in [-0.2, 0) is 11.3 Å². The van der Waals surface area contributed by atoms with E-state index in [4.69, 9.17) is 0 Å². The van der Waals surface area contributed by atoms with Crippen molar-refractivity contribution in [3.05, 3.63) is 82.2 Å². The van der Waals surface area contributed by atoms with Gasteiger partial charge in [-0.3, -0.25) is 9.59 Å². The fourth-order valence-corrected chi connectivity index (χ4v) is 3.53. The molecule has 2 aromatic heterocycles. The maximum atomic E-state index is 13.0. The zero-order valence-corrected chi connectivity index (χ0v) is 14.9. The van der Waals surface area contributed by atoms with E-state index in [2.05, 4.69) is 10.4 Å². The number of carbonyl (C=O) groups excluding carboxylic acids is 1. The molecule has 0 unspecified atom stereocenters. The van der Waals surface area contributed by atoms with Crippen LogP contribution in [0.5, 0.6) is 0 Å². The van der Waals surface area contributed by atoms with E-state index in [0.717, 1.165) is 14.9 Å². The van der Waals surface area contributed by atoms with Gasteiger partial charge >= 0.3 is 0 Å². The van der Waals surface area contributed by atoms with Gasteiger partial charge in [-0.25, -0.2) is 9.07 Å². The molecule has 0 aliphatic carbocycles. The Morgan fingerprint density at radius 1 is 1.04 bits per heavy atom. The maximum absolute atomic E-state index is 13.0. The monoisotopic (exact) mass is 379 g/mol. The van der Waals surface area contributed by atoms with Crippen molar-refractivity contribution in [2.45, 2.75) is 6.54 Å². The van der Waals surface area contributed by atoms with Crippen LogP contribution < -0.4 is 10.9 Å². The predicted molar refractivity (Wildman–Crippen MR) is 104 cm³/mol. The number of benzene rings is 2. The van der Waals surface area contributed by atoms with Gasteiger partial charge in [-0.05, 0) is 41.8 Å². The summed E-state index contributed by atoms with van der Waals surface area (Å²) in [6.45, 7) is -0.237. The van der Waals surface area contributed by atoms with Gasteiger partial charge < -0.3 is 5.32 Å². The Morgan fingerprint density at radius 2 is 1.78 bits per heavy atom. The standard InChI is InChI=1S/C20H14FN3O2S/c21-13-7-9-14(10-8-13)22-18(25)12-24-20(26)16-5-2-1-4-15(16)19(23-24)17-6-3-11-27-17/h1-11H,12H2,(H,22,25). The van der Waals surface area contributed by atoms with Crippen LogP contribution in [0, 0.1) is 5.82 Å². The molecule has 5 nitrogen and oxygen atoms in total. The van der Waals surface area contributed by atoms with E-state index in [-0.39, 0.29) is 17.9 Å². The normalized spacial score (nSPS) is 10.9. The lowest BCUT2D eigenvalue weighted by molar-refractivity contribution is -0.117. The number of thiophene rings is 1. The van der Waals surface area contributed by atoms with Crippen molar-refractivity contribution in [3.63, 3.8) is 0 Å². The number of rotatable bonds is 4. The van der Waals surface area contributed by atoms with Gasteiger partial charge in [0.1, 0.15) is 18.1 Å². The van der Waals surface area contributed by atoms with Crippen molar-refractivity contribution in [2.24, 2.45) is 0 Å². The molecular weight excluding hydrogens is 365 g/mol. The van der Waals surface area contributed by atoms with Crippen LogP contribution in [0.2, 0.25) is 0 Å². The number of nitrogens with zero attached hydrogens (tertiary/aromatic N) is 2. The molecular formula is C20H14FN3O2S. The third-order valence-corrected chi connectivity index (χ3v) is 4.92. The van der Waals surface area contributed by atoms with Crippen LogP contribution in [0.3, 0.4) is 0 Å². The zero-order chi connectivity index (χ0) is 18.8. The summed E-state index contributed by atoms with van der Waals surface area (Å²) in [5, 5.41) is 10.3. The first-order valence-corrected chi connectivity index (χ1v) is 9.09. The van der Waals surface area contributed by atoms with E-state index in [0.29, 0.717) is 16.8 Å². The molecule has 0 saturated carbocycles. The highest BCUT2D eigenvalue weighted by atomic mass is 32.1. The summed E-state index contributed by atoms with van der Waals surface area (Å²) in [4.78, 5) is 26.0. The summed E-state index contributed by atoms with van der Waals surface area (Å²) < 4.78 is 14.1. The van der Waals surface area contributed by atoms with E-state index >= 15 is 0 Å².